The second kappa shape index (κ2) is 7.82. The summed E-state index contributed by atoms with van der Waals surface area (Å²) in [5, 5.41) is 15.9. The molecule has 0 spiro atoms. The van der Waals surface area contributed by atoms with E-state index in [1.54, 1.807) is 0 Å². The van der Waals surface area contributed by atoms with Gasteiger partial charge in [0.1, 0.15) is 6.07 Å². The lowest BCUT2D eigenvalue weighted by Crippen LogP contribution is -2.01. The number of aromatic nitrogens is 3. The minimum atomic E-state index is 0.553. The van der Waals surface area contributed by atoms with Gasteiger partial charge in [-0.15, -0.1) is 0 Å². The molecule has 0 radical (unpaired) electrons. The molecule has 0 unspecified atom stereocenters. The molecular weight excluding hydrogens is 448 g/mol. The third-order valence-corrected chi connectivity index (χ3v) is 5.81. The zero-order valence-electron chi connectivity index (χ0n) is 16.7. The van der Waals surface area contributed by atoms with Crippen LogP contribution in [0.1, 0.15) is 11.3 Å². The van der Waals surface area contributed by atoms with Crippen LogP contribution in [0.4, 0.5) is 0 Å². The predicted octanol–water partition coefficient (Wildman–Crippen LogP) is 6.70. The van der Waals surface area contributed by atoms with Crippen LogP contribution in [0.2, 0.25) is 0 Å². The molecule has 2 aromatic heterocycles. The van der Waals surface area contributed by atoms with E-state index in [1.807, 2.05) is 96.5 Å². The van der Waals surface area contributed by atoms with E-state index in [0.29, 0.717) is 11.3 Å². The molecular formula is C26H17BrN4. The van der Waals surface area contributed by atoms with Crippen molar-refractivity contribution < 1.29 is 0 Å². The van der Waals surface area contributed by atoms with Crippen molar-refractivity contribution in [1.82, 2.24) is 14.8 Å². The molecule has 5 rings (SSSR count). The largest absolute Gasteiger partial charge is 0.226 e. The molecule has 0 aliphatic rings. The second-order valence-corrected chi connectivity index (χ2v) is 8.14. The highest BCUT2D eigenvalue weighted by Crippen LogP contribution is 2.39. The van der Waals surface area contributed by atoms with Crippen molar-refractivity contribution in [2.75, 3.05) is 0 Å². The number of para-hydroxylation sites is 1. The number of hydrogen-bond acceptors (Lipinski definition) is 3. The van der Waals surface area contributed by atoms with Crippen molar-refractivity contribution >= 4 is 27.0 Å². The minimum Gasteiger partial charge on any atom is -0.226 e. The first-order chi connectivity index (χ1) is 15.2. The van der Waals surface area contributed by atoms with Crippen LogP contribution in [0.15, 0.2) is 89.4 Å². The topological polar surface area (TPSA) is 54.5 Å². The third kappa shape index (κ3) is 3.31. The Morgan fingerprint density at radius 2 is 1.48 bits per heavy atom. The summed E-state index contributed by atoms with van der Waals surface area (Å²) in [6, 6.07) is 30.3. The highest BCUT2D eigenvalue weighted by atomic mass is 79.9. The van der Waals surface area contributed by atoms with E-state index in [4.69, 9.17) is 10.1 Å². The number of aryl methyl sites for hydroxylation is 1. The van der Waals surface area contributed by atoms with Crippen LogP contribution >= 0.6 is 15.9 Å². The number of pyridine rings is 1. The number of halogens is 1. The Bertz CT molecular complexity index is 1430. The fourth-order valence-corrected chi connectivity index (χ4v) is 4.15. The SMILES string of the molecule is Cc1nn(-c2ccccc2)c2nc(-c3ccccc3)c(C#N)c(-c3ccc(Br)cc3)c12. The first-order valence-electron chi connectivity index (χ1n) is 9.87. The maximum atomic E-state index is 10.2. The quantitative estimate of drug-likeness (QED) is 0.298. The predicted molar refractivity (Wildman–Crippen MR) is 127 cm³/mol. The second-order valence-electron chi connectivity index (χ2n) is 7.23. The molecule has 0 aliphatic carbocycles. The number of benzene rings is 3. The van der Waals surface area contributed by atoms with Crippen molar-refractivity contribution in [3.8, 4) is 34.1 Å². The summed E-state index contributed by atoms with van der Waals surface area (Å²) in [5.74, 6) is 0. The van der Waals surface area contributed by atoms with Crippen molar-refractivity contribution in [2.45, 2.75) is 6.92 Å². The Labute approximate surface area is 188 Å². The molecule has 5 aromatic rings. The maximum Gasteiger partial charge on any atom is 0.164 e. The molecule has 4 nitrogen and oxygen atoms in total. The van der Waals surface area contributed by atoms with Gasteiger partial charge in [-0.1, -0.05) is 76.6 Å². The Balaban J connectivity index is 1.94. The molecule has 0 saturated heterocycles. The molecule has 0 saturated carbocycles. The lowest BCUT2D eigenvalue weighted by atomic mass is 9.93. The van der Waals surface area contributed by atoms with Crippen LogP contribution in [-0.4, -0.2) is 14.8 Å². The molecule has 0 aliphatic heterocycles. The van der Waals surface area contributed by atoms with Crippen molar-refractivity contribution in [1.29, 1.82) is 5.26 Å². The minimum absolute atomic E-state index is 0.553. The molecule has 0 atom stereocenters. The number of nitrogens with zero attached hydrogens (tertiary/aromatic N) is 4. The average molecular weight is 465 g/mol. The summed E-state index contributed by atoms with van der Waals surface area (Å²) in [6.45, 7) is 1.97. The highest BCUT2D eigenvalue weighted by molar-refractivity contribution is 9.10. The van der Waals surface area contributed by atoms with Gasteiger partial charge in [0.05, 0.1) is 28.0 Å². The van der Waals surface area contributed by atoms with Gasteiger partial charge in [0.25, 0.3) is 0 Å². The van der Waals surface area contributed by atoms with E-state index in [-0.39, 0.29) is 0 Å². The van der Waals surface area contributed by atoms with Crippen LogP contribution in [-0.2, 0) is 0 Å². The summed E-state index contributed by atoms with van der Waals surface area (Å²) >= 11 is 3.51. The molecule has 5 heteroatoms. The number of rotatable bonds is 3. The van der Waals surface area contributed by atoms with Crippen LogP contribution in [0.5, 0.6) is 0 Å². The summed E-state index contributed by atoms with van der Waals surface area (Å²) < 4.78 is 2.85. The van der Waals surface area contributed by atoms with Gasteiger partial charge in [-0.2, -0.15) is 10.4 Å². The summed E-state index contributed by atoms with van der Waals surface area (Å²) in [6.07, 6.45) is 0. The van der Waals surface area contributed by atoms with Gasteiger partial charge in [0.15, 0.2) is 5.65 Å². The number of fused-ring (bicyclic) bond motifs is 1. The van der Waals surface area contributed by atoms with Gasteiger partial charge in [-0.3, -0.25) is 0 Å². The monoisotopic (exact) mass is 464 g/mol. The smallest absolute Gasteiger partial charge is 0.164 e. The fourth-order valence-electron chi connectivity index (χ4n) is 3.88. The van der Waals surface area contributed by atoms with E-state index >= 15 is 0 Å². The van der Waals surface area contributed by atoms with E-state index in [2.05, 4.69) is 22.0 Å². The molecule has 2 heterocycles. The molecule has 0 bridgehead atoms. The Hall–Kier alpha value is -3.75. The highest BCUT2D eigenvalue weighted by Gasteiger charge is 2.23. The molecule has 0 N–H and O–H groups in total. The van der Waals surface area contributed by atoms with Crippen LogP contribution < -0.4 is 0 Å². The van der Waals surface area contributed by atoms with Gasteiger partial charge < -0.3 is 0 Å². The van der Waals surface area contributed by atoms with Gasteiger partial charge in [-0.25, -0.2) is 9.67 Å². The first kappa shape index (κ1) is 19.2. The van der Waals surface area contributed by atoms with E-state index < -0.39 is 0 Å². The number of nitriles is 1. The van der Waals surface area contributed by atoms with Gasteiger partial charge >= 0.3 is 0 Å². The lowest BCUT2D eigenvalue weighted by Gasteiger charge is -2.13. The summed E-state index contributed by atoms with van der Waals surface area (Å²) in [7, 11) is 0. The Morgan fingerprint density at radius 1 is 0.839 bits per heavy atom. The van der Waals surface area contributed by atoms with E-state index in [9.17, 15) is 5.26 Å². The van der Waals surface area contributed by atoms with Crippen LogP contribution in [0.3, 0.4) is 0 Å². The fraction of sp³-hybridized carbons (Fsp3) is 0.0385. The van der Waals surface area contributed by atoms with Gasteiger partial charge in [-0.05, 0) is 36.8 Å². The molecule has 148 valence electrons. The molecule has 0 amide bonds. The zero-order valence-corrected chi connectivity index (χ0v) is 18.3. The van der Waals surface area contributed by atoms with E-state index in [1.165, 1.54) is 0 Å². The normalized spacial score (nSPS) is 10.9. The summed E-state index contributed by atoms with van der Waals surface area (Å²) in [5.41, 5.74) is 6.43. The van der Waals surface area contributed by atoms with Crippen molar-refractivity contribution in [2.24, 2.45) is 0 Å². The van der Waals surface area contributed by atoms with E-state index in [0.717, 1.165) is 43.6 Å². The van der Waals surface area contributed by atoms with Crippen LogP contribution in [0, 0.1) is 18.3 Å². The van der Waals surface area contributed by atoms with Gasteiger partial charge in [0.2, 0.25) is 0 Å². The average Bonchev–Trinajstić information content (AvgIpc) is 3.15. The standard InChI is InChI=1S/C26H17BrN4/c1-17-23-24(18-12-14-20(27)15-13-18)22(16-28)25(19-8-4-2-5-9-19)29-26(23)31(30-17)21-10-6-3-7-11-21/h2-15H,1H3. The molecule has 31 heavy (non-hydrogen) atoms. The number of hydrogen-bond donors (Lipinski definition) is 0. The Kier molecular flexibility index (Phi) is 4.85. The van der Waals surface area contributed by atoms with Crippen molar-refractivity contribution in [3.63, 3.8) is 0 Å². The Morgan fingerprint density at radius 3 is 2.13 bits per heavy atom. The van der Waals surface area contributed by atoms with Crippen LogP contribution in [0.25, 0.3) is 39.1 Å². The zero-order chi connectivity index (χ0) is 21.4. The van der Waals surface area contributed by atoms with Crippen molar-refractivity contribution in [3.05, 3.63) is 101 Å². The lowest BCUT2D eigenvalue weighted by molar-refractivity contribution is 0.878. The van der Waals surface area contributed by atoms with Gasteiger partial charge in [0, 0.05) is 15.6 Å². The maximum absolute atomic E-state index is 10.2. The molecule has 3 aromatic carbocycles. The molecule has 0 fully saturated rings. The summed E-state index contributed by atoms with van der Waals surface area (Å²) in [4.78, 5) is 4.99. The third-order valence-electron chi connectivity index (χ3n) is 5.28. The first-order valence-corrected chi connectivity index (χ1v) is 10.7.